The Hall–Kier alpha value is -2.88. The summed E-state index contributed by atoms with van der Waals surface area (Å²) in [6, 6.07) is 2.09. The molecule has 1 heterocycles. The first kappa shape index (κ1) is 22.8. The predicted octanol–water partition coefficient (Wildman–Crippen LogP) is 2.99. The van der Waals surface area contributed by atoms with Gasteiger partial charge in [-0.3, -0.25) is 9.59 Å². The number of halogens is 4. The summed E-state index contributed by atoms with van der Waals surface area (Å²) in [4.78, 5) is 28.4. The maximum Gasteiger partial charge on any atom is 0.351 e. The maximum atomic E-state index is 14.4. The Morgan fingerprint density at radius 3 is 2.81 bits per heavy atom. The predicted molar refractivity (Wildman–Crippen MR) is 107 cm³/mol. The average molecular weight is 456 g/mol. The number of nitrogens with one attached hydrogen (secondary N) is 2. The van der Waals surface area contributed by atoms with Crippen LogP contribution in [0.4, 0.5) is 13.2 Å². The Bertz CT molecular complexity index is 968. The minimum atomic E-state index is -3.98. The fourth-order valence-electron chi connectivity index (χ4n) is 3.39. The van der Waals surface area contributed by atoms with Gasteiger partial charge in [-0.15, -0.1) is 0 Å². The highest BCUT2D eigenvalue weighted by Crippen LogP contribution is 2.35. The molecular weight excluding hydrogens is 435 g/mol. The molecule has 0 saturated carbocycles. The molecule has 3 rings (SSSR count). The molecule has 31 heavy (non-hydrogen) atoms. The van der Waals surface area contributed by atoms with E-state index in [4.69, 9.17) is 11.6 Å². The highest BCUT2D eigenvalue weighted by Gasteiger charge is 2.43. The van der Waals surface area contributed by atoms with Crippen molar-refractivity contribution < 1.29 is 22.8 Å². The van der Waals surface area contributed by atoms with Crippen LogP contribution in [0, 0.1) is 11.7 Å². The van der Waals surface area contributed by atoms with Crippen LogP contribution >= 0.6 is 11.6 Å². The molecule has 166 valence electrons. The summed E-state index contributed by atoms with van der Waals surface area (Å²) in [7, 11) is 0. The lowest BCUT2D eigenvalue weighted by Crippen LogP contribution is -2.41. The molecule has 2 N–H and O–H groups in total. The first-order valence-electron chi connectivity index (χ1n) is 9.67. The van der Waals surface area contributed by atoms with E-state index in [1.165, 1.54) is 17.3 Å². The first-order valence-corrected chi connectivity index (χ1v) is 10.0. The molecule has 7 nitrogen and oxygen atoms in total. The molecule has 1 unspecified atom stereocenters. The van der Waals surface area contributed by atoms with Gasteiger partial charge in [-0.1, -0.05) is 42.8 Å². The lowest BCUT2D eigenvalue weighted by atomic mass is 10.1. The third-order valence-corrected chi connectivity index (χ3v) is 5.43. The van der Waals surface area contributed by atoms with E-state index in [-0.39, 0.29) is 24.4 Å². The second-order valence-corrected chi connectivity index (χ2v) is 7.56. The summed E-state index contributed by atoms with van der Waals surface area (Å²) in [6.45, 7) is 1.78. The van der Waals surface area contributed by atoms with Gasteiger partial charge in [0, 0.05) is 12.6 Å². The highest BCUT2D eigenvalue weighted by molar-refractivity contribution is 6.31. The molecule has 0 saturated heterocycles. The lowest BCUT2D eigenvalue weighted by molar-refractivity contribution is -0.147. The van der Waals surface area contributed by atoms with Gasteiger partial charge in [-0.05, 0) is 24.8 Å². The number of hydrogen-bond donors (Lipinski definition) is 2. The van der Waals surface area contributed by atoms with Crippen molar-refractivity contribution >= 4 is 23.4 Å². The standard InChI is InChI=1S/C20H21ClF3N5O2/c1-2-16(29-11-25-10-27-29)18(30)28-13-7-6-12(8-13)9-26-19(31)20(23,24)14-4-3-5-15(22)17(14)21/h3-7,10-13,16H,2,8-9H2,1H3,(H,26,31)(H,28,30)/t12-,13+,16?/m0/s1. The molecule has 0 bridgehead atoms. The zero-order chi connectivity index (χ0) is 22.6. The Morgan fingerprint density at radius 1 is 1.35 bits per heavy atom. The third-order valence-electron chi connectivity index (χ3n) is 5.05. The van der Waals surface area contributed by atoms with Gasteiger partial charge in [0.25, 0.3) is 5.91 Å². The van der Waals surface area contributed by atoms with Crippen molar-refractivity contribution in [2.24, 2.45) is 5.92 Å². The van der Waals surface area contributed by atoms with Gasteiger partial charge in [0.15, 0.2) is 0 Å². The van der Waals surface area contributed by atoms with Gasteiger partial charge in [0.1, 0.15) is 24.5 Å². The number of alkyl halides is 2. The Kier molecular flexibility index (Phi) is 6.99. The monoisotopic (exact) mass is 455 g/mol. The van der Waals surface area contributed by atoms with Crippen LogP contribution < -0.4 is 10.6 Å². The largest absolute Gasteiger partial charge is 0.351 e. The van der Waals surface area contributed by atoms with Crippen LogP contribution in [0.5, 0.6) is 0 Å². The average Bonchev–Trinajstić information content (AvgIpc) is 3.41. The molecule has 1 aliphatic rings. The summed E-state index contributed by atoms with van der Waals surface area (Å²) in [6.07, 6.45) is 7.26. The van der Waals surface area contributed by atoms with Gasteiger partial charge in [0.05, 0.1) is 10.6 Å². The zero-order valence-electron chi connectivity index (χ0n) is 16.6. The molecule has 0 spiro atoms. The van der Waals surface area contributed by atoms with Crippen molar-refractivity contribution in [2.45, 2.75) is 37.8 Å². The normalized spacial score (nSPS) is 19.3. The summed E-state index contributed by atoms with van der Waals surface area (Å²) in [5.41, 5.74) is -0.891. The van der Waals surface area contributed by atoms with E-state index in [1.807, 2.05) is 6.92 Å². The minimum absolute atomic E-state index is 0.0650. The van der Waals surface area contributed by atoms with Gasteiger partial charge in [-0.25, -0.2) is 14.1 Å². The highest BCUT2D eigenvalue weighted by atomic mass is 35.5. The molecule has 0 aliphatic heterocycles. The van der Waals surface area contributed by atoms with Crippen LogP contribution in [0.3, 0.4) is 0 Å². The van der Waals surface area contributed by atoms with Crippen LogP contribution in [0.2, 0.25) is 5.02 Å². The van der Waals surface area contributed by atoms with Crippen LogP contribution in [-0.4, -0.2) is 39.2 Å². The minimum Gasteiger partial charge on any atom is -0.350 e. The van der Waals surface area contributed by atoms with E-state index in [1.54, 1.807) is 12.2 Å². The number of carbonyl (C=O) groups is 2. The topological polar surface area (TPSA) is 88.9 Å². The van der Waals surface area contributed by atoms with Crippen molar-refractivity contribution in [2.75, 3.05) is 6.54 Å². The summed E-state index contributed by atoms with van der Waals surface area (Å²) in [5, 5.41) is 8.25. The molecule has 0 fully saturated rings. The molecule has 1 aromatic carbocycles. The number of hydrogen-bond acceptors (Lipinski definition) is 4. The van der Waals surface area contributed by atoms with Crippen LogP contribution in [-0.2, 0) is 15.5 Å². The van der Waals surface area contributed by atoms with E-state index >= 15 is 0 Å². The SMILES string of the molecule is CCC(C(=O)N[C@@H]1C=C[C@H](CNC(=O)C(F)(F)c2cccc(F)c2Cl)C1)n1cncn1. The van der Waals surface area contributed by atoms with Crippen LogP contribution in [0.1, 0.15) is 31.4 Å². The summed E-state index contributed by atoms with van der Waals surface area (Å²) in [5.74, 6) is -7.07. The van der Waals surface area contributed by atoms with Crippen molar-refractivity contribution in [3.63, 3.8) is 0 Å². The van der Waals surface area contributed by atoms with Crippen LogP contribution in [0.15, 0.2) is 43.0 Å². The Labute approximate surface area is 181 Å². The van der Waals surface area contributed by atoms with E-state index < -0.39 is 34.3 Å². The van der Waals surface area contributed by atoms with Gasteiger partial charge in [0.2, 0.25) is 5.91 Å². The Balaban J connectivity index is 1.52. The number of amides is 2. The number of aromatic nitrogens is 3. The first-order chi connectivity index (χ1) is 14.7. The van der Waals surface area contributed by atoms with Gasteiger partial charge in [-0.2, -0.15) is 13.9 Å². The number of nitrogens with zero attached hydrogens (tertiary/aromatic N) is 3. The molecule has 1 aromatic heterocycles. The Morgan fingerprint density at radius 2 is 2.13 bits per heavy atom. The van der Waals surface area contributed by atoms with Crippen molar-refractivity contribution in [3.8, 4) is 0 Å². The van der Waals surface area contributed by atoms with Crippen LogP contribution in [0.25, 0.3) is 0 Å². The number of rotatable bonds is 8. The zero-order valence-corrected chi connectivity index (χ0v) is 17.3. The van der Waals surface area contributed by atoms with E-state index in [9.17, 15) is 22.8 Å². The maximum absolute atomic E-state index is 14.4. The molecule has 1 aliphatic carbocycles. The molecule has 2 amide bonds. The fourth-order valence-corrected chi connectivity index (χ4v) is 3.63. The second kappa shape index (κ2) is 9.51. The molecule has 3 atom stereocenters. The van der Waals surface area contributed by atoms with E-state index in [2.05, 4.69) is 20.7 Å². The molecular formula is C20H21ClF3N5O2. The van der Waals surface area contributed by atoms with E-state index in [0.29, 0.717) is 12.8 Å². The van der Waals surface area contributed by atoms with E-state index in [0.717, 1.165) is 18.2 Å². The van der Waals surface area contributed by atoms with Gasteiger partial charge < -0.3 is 10.6 Å². The molecule has 11 heteroatoms. The molecule has 2 aromatic rings. The fraction of sp³-hybridized carbons (Fsp3) is 0.400. The summed E-state index contributed by atoms with van der Waals surface area (Å²) < 4.78 is 43.8. The smallest absolute Gasteiger partial charge is 0.350 e. The molecule has 0 radical (unpaired) electrons. The lowest BCUT2D eigenvalue weighted by Gasteiger charge is -2.20. The quantitative estimate of drug-likeness (QED) is 0.599. The number of benzene rings is 1. The summed E-state index contributed by atoms with van der Waals surface area (Å²) >= 11 is 5.59. The van der Waals surface area contributed by atoms with Gasteiger partial charge >= 0.3 is 5.92 Å². The number of carbonyl (C=O) groups excluding carboxylic acids is 2. The third kappa shape index (κ3) is 5.07. The van der Waals surface area contributed by atoms with Crippen molar-refractivity contribution in [3.05, 3.63) is 59.4 Å². The second-order valence-electron chi connectivity index (χ2n) is 7.18. The van der Waals surface area contributed by atoms with Crippen molar-refractivity contribution in [1.29, 1.82) is 0 Å². The van der Waals surface area contributed by atoms with Crippen molar-refractivity contribution in [1.82, 2.24) is 25.4 Å².